The molecule has 8 nitrogen and oxygen atoms in total. The Morgan fingerprint density at radius 3 is 2.69 bits per heavy atom. The molecular formula is C20H24N2O6S. The zero-order valence-corrected chi connectivity index (χ0v) is 17.2. The molecule has 2 aromatic carbocycles. The fraction of sp³-hybridized carbons (Fsp3) is 0.350. The number of hydrogen-bond donors (Lipinski definition) is 1. The second-order valence-electron chi connectivity index (χ2n) is 6.53. The van der Waals surface area contributed by atoms with Crippen LogP contribution in [0.15, 0.2) is 47.4 Å². The van der Waals surface area contributed by atoms with E-state index in [1.165, 1.54) is 11.0 Å². The summed E-state index contributed by atoms with van der Waals surface area (Å²) in [6, 6.07) is 11.9. The lowest BCUT2D eigenvalue weighted by Crippen LogP contribution is -2.25. The van der Waals surface area contributed by atoms with E-state index in [0.717, 1.165) is 11.1 Å². The number of cyclic esters (lactones) is 1. The summed E-state index contributed by atoms with van der Waals surface area (Å²) in [7, 11) is -2.11. The van der Waals surface area contributed by atoms with E-state index in [4.69, 9.17) is 14.2 Å². The van der Waals surface area contributed by atoms with Gasteiger partial charge in [0.05, 0.1) is 18.0 Å². The first kappa shape index (κ1) is 21.1. The summed E-state index contributed by atoms with van der Waals surface area (Å²) < 4.78 is 43.4. The van der Waals surface area contributed by atoms with Crippen molar-refractivity contribution >= 4 is 21.8 Å². The fourth-order valence-corrected chi connectivity index (χ4v) is 4.01. The molecule has 2 aromatic rings. The minimum atomic E-state index is -3.70. The maximum absolute atomic E-state index is 12.7. The van der Waals surface area contributed by atoms with Crippen molar-refractivity contribution < 1.29 is 27.4 Å². The summed E-state index contributed by atoms with van der Waals surface area (Å²) >= 11 is 0. The number of amides is 1. The number of nitrogens with one attached hydrogen (secondary N) is 1. The third kappa shape index (κ3) is 5.26. The molecule has 0 radical (unpaired) electrons. The molecule has 1 aliphatic rings. The van der Waals surface area contributed by atoms with Gasteiger partial charge in [-0.2, -0.15) is 0 Å². The molecule has 1 heterocycles. The Morgan fingerprint density at radius 2 is 2.00 bits per heavy atom. The van der Waals surface area contributed by atoms with E-state index in [9.17, 15) is 13.2 Å². The summed E-state index contributed by atoms with van der Waals surface area (Å²) in [5.74, 6) is 0.617. The van der Waals surface area contributed by atoms with E-state index in [1.54, 1.807) is 50.4 Å². The number of anilines is 1. The van der Waals surface area contributed by atoms with E-state index < -0.39 is 16.1 Å². The Balaban J connectivity index is 1.67. The van der Waals surface area contributed by atoms with Crippen LogP contribution in [0.1, 0.15) is 11.1 Å². The number of carbonyl (C=O) groups is 1. The molecule has 3 rings (SSSR count). The standard InChI is InChI=1S/C20H24N2O6S/c1-15-12-18(6-7-19(15)27-11-10-26-2)29(24,25)21-14-16-4-3-5-17(13-16)22-8-9-28-20(22)23/h3-7,12-13,21H,8-11,14H2,1-2H3. The van der Waals surface area contributed by atoms with Crippen LogP contribution in [-0.4, -0.2) is 48.0 Å². The quantitative estimate of drug-likeness (QED) is 0.627. The Labute approximate surface area is 170 Å². The first-order valence-corrected chi connectivity index (χ1v) is 10.6. The Morgan fingerprint density at radius 1 is 1.17 bits per heavy atom. The van der Waals surface area contributed by atoms with Crippen LogP contribution in [0.2, 0.25) is 0 Å². The summed E-state index contributed by atoms with van der Waals surface area (Å²) in [5, 5.41) is 0. The molecule has 0 unspecified atom stereocenters. The van der Waals surface area contributed by atoms with Crippen LogP contribution in [-0.2, 0) is 26.0 Å². The Kier molecular flexibility index (Phi) is 6.73. The average molecular weight is 420 g/mol. The third-order valence-electron chi connectivity index (χ3n) is 4.45. The van der Waals surface area contributed by atoms with Gasteiger partial charge in [0.2, 0.25) is 10.0 Å². The lowest BCUT2D eigenvalue weighted by molar-refractivity contribution is 0.146. The predicted molar refractivity (Wildman–Crippen MR) is 108 cm³/mol. The molecule has 1 aliphatic heterocycles. The molecule has 29 heavy (non-hydrogen) atoms. The third-order valence-corrected chi connectivity index (χ3v) is 5.85. The molecule has 0 aliphatic carbocycles. The molecule has 0 aromatic heterocycles. The van der Waals surface area contributed by atoms with E-state index in [2.05, 4.69) is 4.72 Å². The molecule has 0 atom stereocenters. The van der Waals surface area contributed by atoms with Crippen LogP contribution >= 0.6 is 0 Å². The van der Waals surface area contributed by atoms with Gasteiger partial charge >= 0.3 is 6.09 Å². The molecular weight excluding hydrogens is 396 g/mol. The summed E-state index contributed by atoms with van der Waals surface area (Å²) in [6.07, 6.45) is -0.397. The van der Waals surface area contributed by atoms with Crippen molar-refractivity contribution in [2.24, 2.45) is 0 Å². The van der Waals surface area contributed by atoms with Crippen molar-refractivity contribution in [3.8, 4) is 5.75 Å². The summed E-state index contributed by atoms with van der Waals surface area (Å²) in [4.78, 5) is 13.4. The van der Waals surface area contributed by atoms with Crippen molar-refractivity contribution in [3.05, 3.63) is 53.6 Å². The normalized spacial score (nSPS) is 14.1. The molecule has 1 amide bonds. The van der Waals surface area contributed by atoms with Gasteiger partial charge in [-0.25, -0.2) is 17.9 Å². The highest BCUT2D eigenvalue weighted by Crippen LogP contribution is 2.23. The van der Waals surface area contributed by atoms with Gasteiger partial charge < -0.3 is 14.2 Å². The van der Waals surface area contributed by atoms with Gasteiger partial charge in [-0.3, -0.25) is 4.90 Å². The molecule has 0 spiro atoms. The zero-order valence-electron chi connectivity index (χ0n) is 16.4. The number of benzene rings is 2. The Hall–Kier alpha value is -2.62. The SMILES string of the molecule is COCCOc1ccc(S(=O)(=O)NCc2cccc(N3CCOC3=O)c2)cc1C. The van der Waals surface area contributed by atoms with Crippen LogP contribution in [0.25, 0.3) is 0 Å². The molecule has 9 heteroatoms. The van der Waals surface area contributed by atoms with Crippen molar-refractivity contribution in [3.63, 3.8) is 0 Å². The smallest absolute Gasteiger partial charge is 0.414 e. The highest BCUT2D eigenvalue weighted by atomic mass is 32.2. The van der Waals surface area contributed by atoms with Crippen molar-refractivity contribution in [1.29, 1.82) is 0 Å². The molecule has 1 saturated heterocycles. The monoisotopic (exact) mass is 420 g/mol. The minimum Gasteiger partial charge on any atom is -0.491 e. The number of methoxy groups -OCH3 is 1. The van der Waals surface area contributed by atoms with Crippen LogP contribution in [0.3, 0.4) is 0 Å². The van der Waals surface area contributed by atoms with Gasteiger partial charge in [0.1, 0.15) is 19.0 Å². The molecule has 0 saturated carbocycles. The van der Waals surface area contributed by atoms with E-state index >= 15 is 0 Å². The lowest BCUT2D eigenvalue weighted by Gasteiger charge is -2.14. The number of hydrogen-bond acceptors (Lipinski definition) is 6. The van der Waals surface area contributed by atoms with Gasteiger partial charge in [-0.15, -0.1) is 0 Å². The number of ether oxygens (including phenoxy) is 3. The van der Waals surface area contributed by atoms with Crippen molar-refractivity contribution in [2.45, 2.75) is 18.4 Å². The van der Waals surface area contributed by atoms with Crippen molar-refractivity contribution in [1.82, 2.24) is 4.72 Å². The number of nitrogens with zero attached hydrogens (tertiary/aromatic N) is 1. The topological polar surface area (TPSA) is 94.2 Å². The second kappa shape index (κ2) is 9.25. The van der Waals surface area contributed by atoms with Crippen LogP contribution < -0.4 is 14.4 Å². The minimum absolute atomic E-state index is 0.101. The molecule has 0 bridgehead atoms. The van der Waals surface area contributed by atoms with E-state index in [1.807, 2.05) is 0 Å². The van der Waals surface area contributed by atoms with Gasteiger partial charge in [0.15, 0.2) is 0 Å². The van der Waals surface area contributed by atoms with E-state index in [0.29, 0.717) is 37.8 Å². The second-order valence-corrected chi connectivity index (χ2v) is 8.30. The van der Waals surface area contributed by atoms with Crippen LogP contribution in [0, 0.1) is 6.92 Å². The number of rotatable bonds is 9. The number of aryl methyl sites for hydroxylation is 1. The van der Waals surface area contributed by atoms with Gasteiger partial charge in [0, 0.05) is 19.3 Å². The van der Waals surface area contributed by atoms with Crippen LogP contribution in [0.4, 0.5) is 10.5 Å². The largest absolute Gasteiger partial charge is 0.491 e. The first-order chi connectivity index (χ1) is 13.9. The van der Waals surface area contributed by atoms with Gasteiger partial charge in [-0.05, 0) is 48.4 Å². The molecule has 156 valence electrons. The van der Waals surface area contributed by atoms with E-state index in [-0.39, 0.29) is 11.4 Å². The van der Waals surface area contributed by atoms with Crippen LogP contribution in [0.5, 0.6) is 5.75 Å². The summed E-state index contributed by atoms with van der Waals surface area (Å²) in [6.45, 7) is 3.56. The number of sulfonamides is 1. The highest BCUT2D eigenvalue weighted by molar-refractivity contribution is 7.89. The first-order valence-electron chi connectivity index (χ1n) is 9.16. The fourth-order valence-electron chi connectivity index (χ4n) is 2.91. The maximum Gasteiger partial charge on any atom is 0.414 e. The zero-order chi connectivity index (χ0) is 20.9. The lowest BCUT2D eigenvalue weighted by atomic mass is 10.2. The predicted octanol–water partition coefficient (Wildman–Crippen LogP) is 2.46. The highest BCUT2D eigenvalue weighted by Gasteiger charge is 2.23. The average Bonchev–Trinajstić information content (AvgIpc) is 3.14. The summed E-state index contributed by atoms with van der Waals surface area (Å²) in [5.41, 5.74) is 2.14. The van der Waals surface area contributed by atoms with Gasteiger partial charge in [0.25, 0.3) is 0 Å². The van der Waals surface area contributed by atoms with Crippen molar-refractivity contribution in [2.75, 3.05) is 38.4 Å². The number of carbonyl (C=O) groups excluding carboxylic acids is 1. The van der Waals surface area contributed by atoms with Gasteiger partial charge in [-0.1, -0.05) is 12.1 Å². The Bertz CT molecular complexity index is 977. The maximum atomic E-state index is 12.7. The molecule has 1 fully saturated rings. The molecule has 1 N–H and O–H groups in total.